The Balaban J connectivity index is 0.00000169. The lowest BCUT2D eigenvalue weighted by Gasteiger charge is -2.13. The van der Waals surface area contributed by atoms with Gasteiger partial charge in [-0.15, -0.1) is 12.4 Å². The third-order valence-corrected chi connectivity index (χ3v) is 2.34. The fourth-order valence-electron chi connectivity index (χ4n) is 1.14. The zero-order valence-electron chi connectivity index (χ0n) is 8.48. The van der Waals surface area contributed by atoms with E-state index in [1.165, 1.54) is 12.8 Å². The minimum Gasteiger partial charge on any atom is -0.487 e. The predicted octanol–water partition coefficient (Wildman–Crippen LogP) is 3.88. The summed E-state index contributed by atoms with van der Waals surface area (Å²) < 4.78 is 5.68. The second-order valence-electron chi connectivity index (χ2n) is 3.11. The molecule has 1 aromatic rings. The fraction of sp³-hybridized carbons (Fsp3) is 0.455. The molecule has 0 radical (unpaired) electrons. The van der Waals surface area contributed by atoms with Crippen LogP contribution in [0.5, 0.6) is 5.75 Å². The number of hydrogen-bond donors (Lipinski definition) is 0. The third-order valence-electron chi connectivity index (χ3n) is 1.87. The van der Waals surface area contributed by atoms with Gasteiger partial charge in [-0.05, 0) is 25.0 Å². The van der Waals surface area contributed by atoms with Crippen molar-refractivity contribution in [1.29, 1.82) is 0 Å². The van der Waals surface area contributed by atoms with E-state index in [0.29, 0.717) is 0 Å². The lowest BCUT2D eigenvalue weighted by atomic mass is 10.2. The molecule has 0 aromatic heterocycles. The molecule has 0 amide bonds. The maximum Gasteiger partial charge on any atom is 0.120 e. The van der Waals surface area contributed by atoms with Crippen LogP contribution in [-0.4, -0.2) is 5.85 Å². The summed E-state index contributed by atoms with van der Waals surface area (Å²) >= 11 is 0. The molecule has 0 spiro atoms. The van der Waals surface area contributed by atoms with Crippen LogP contribution < -0.4 is 4.74 Å². The third kappa shape index (κ3) is 5.47. The standard InChI is InChI=1S/C11H17OP.ClH/c1-2-3-9-11(13)12-10-7-5-4-6-8-10;/h4-8,11H,2-3,9,13H2,1H3;1H. The van der Waals surface area contributed by atoms with E-state index in [1.54, 1.807) is 0 Å². The highest BCUT2D eigenvalue weighted by Gasteiger charge is 2.01. The van der Waals surface area contributed by atoms with Gasteiger partial charge in [-0.2, -0.15) is 0 Å². The molecular weight excluding hydrogens is 215 g/mol. The van der Waals surface area contributed by atoms with Crippen molar-refractivity contribution in [2.45, 2.75) is 32.0 Å². The Hall–Kier alpha value is -0.260. The van der Waals surface area contributed by atoms with E-state index in [4.69, 9.17) is 4.74 Å². The lowest BCUT2D eigenvalue weighted by Crippen LogP contribution is -2.07. The summed E-state index contributed by atoms with van der Waals surface area (Å²) in [6, 6.07) is 9.96. The minimum absolute atomic E-state index is 0. The van der Waals surface area contributed by atoms with Crippen molar-refractivity contribution in [3.63, 3.8) is 0 Å². The van der Waals surface area contributed by atoms with Gasteiger partial charge in [0.15, 0.2) is 0 Å². The maximum atomic E-state index is 5.68. The molecule has 3 heteroatoms. The number of hydrogen-bond acceptors (Lipinski definition) is 1. The number of halogens is 1. The predicted molar refractivity (Wildman–Crippen MR) is 67.3 cm³/mol. The molecule has 0 fully saturated rings. The van der Waals surface area contributed by atoms with Gasteiger partial charge in [0.1, 0.15) is 11.6 Å². The first-order valence-electron chi connectivity index (χ1n) is 4.80. The first-order chi connectivity index (χ1) is 6.33. The molecule has 0 heterocycles. The van der Waals surface area contributed by atoms with E-state index in [-0.39, 0.29) is 18.3 Å². The largest absolute Gasteiger partial charge is 0.487 e. The van der Waals surface area contributed by atoms with Crippen LogP contribution in [0, 0.1) is 0 Å². The van der Waals surface area contributed by atoms with Crippen molar-refractivity contribution in [1.82, 2.24) is 0 Å². The first kappa shape index (κ1) is 13.7. The van der Waals surface area contributed by atoms with Crippen molar-refractivity contribution < 1.29 is 4.74 Å². The van der Waals surface area contributed by atoms with E-state index in [0.717, 1.165) is 12.2 Å². The van der Waals surface area contributed by atoms with E-state index in [1.807, 2.05) is 30.3 Å². The Morgan fingerprint density at radius 1 is 1.29 bits per heavy atom. The van der Waals surface area contributed by atoms with Crippen LogP contribution in [0.2, 0.25) is 0 Å². The van der Waals surface area contributed by atoms with Crippen LogP contribution in [-0.2, 0) is 0 Å². The minimum atomic E-state index is 0. The molecule has 0 saturated heterocycles. The highest BCUT2D eigenvalue weighted by molar-refractivity contribution is 7.17. The zero-order valence-corrected chi connectivity index (χ0v) is 10.5. The molecule has 80 valence electrons. The molecule has 1 nitrogen and oxygen atoms in total. The number of unbranched alkanes of at least 4 members (excludes halogenated alkanes) is 1. The SMILES string of the molecule is CCCCC(P)Oc1ccccc1.Cl. The normalized spacial score (nSPS) is 11.6. The number of rotatable bonds is 5. The van der Waals surface area contributed by atoms with Gasteiger partial charge in [0.25, 0.3) is 0 Å². The molecule has 0 bridgehead atoms. The lowest BCUT2D eigenvalue weighted by molar-refractivity contribution is 0.272. The second-order valence-corrected chi connectivity index (χ2v) is 3.86. The molecule has 2 unspecified atom stereocenters. The van der Waals surface area contributed by atoms with Crippen molar-refractivity contribution in [3.05, 3.63) is 30.3 Å². The summed E-state index contributed by atoms with van der Waals surface area (Å²) in [5.74, 6) is 1.21. The molecule has 0 aliphatic carbocycles. The molecule has 1 rings (SSSR count). The monoisotopic (exact) mass is 232 g/mol. The van der Waals surface area contributed by atoms with Gasteiger partial charge < -0.3 is 4.74 Å². The summed E-state index contributed by atoms with van der Waals surface area (Å²) in [5.41, 5.74) is 0. The van der Waals surface area contributed by atoms with Crippen molar-refractivity contribution in [3.8, 4) is 5.75 Å². The molecule has 0 aliphatic rings. The number of benzene rings is 1. The van der Waals surface area contributed by atoms with Crippen LogP contribution in [0.1, 0.15) is 26.2 Å². The molecule has 2 atom stereocenters. The van der Waals surface area contributed by atoms with Gasteiger partial charge in [-0.3, -0.25) is 0 Å². The molecule has 14 heavy (non-hydrogen) atoms. The molecule has 1 aromatic carbocycles. The second kappa shape index (κ2) is 8.08. The zero-order chi connectivity index (χ0) is 9.52. The number of ether oxygens (including phenoxy) is 1. The Morgan fingerprint density at radius 3 is 2.50 bits per heavy atom. The summed E-state index contributed by atoms with van der Waals surface area (Å²) in [6.45, 7) is 2.19. The summed E-state index contributed by atoms with van der Waals surface area (Å²) in [5, 5.41) is 0. The Kier molecular flexibility index (Phi) is 7.93. The van der Waals surface area contributed by atoms with Gasteiger partial charge >= 0.3 is 0 Å². The van der Waals surface area contributed by atoms with E-state index in [9.17, 15) is 0 Å². The average Bonchev–Trinajstić information content (AvgIpc) is 2.16. The van der Waals surface area contributed by atoms with E-state index >= 15 is 0 Å². The molecule has 0 aliphatic heterocycles. The van der Waals surface area contributed by atoms with Gasteiger partial charge in [-0.25, -0.2) is 0 Å². The number of para-hydroxylation sites is 1. The van der Waals surface area contributed by atoms with Gasteiger partial charge in [0, 0.05) is 0 Å². The first-order valence-corrected chi connectivity index (χ1v) is 5.47. The van der Waals surface area contributed by atoms with Crippen molar-refractivity contribution >= 4 is 21.6 Å². The van der Waals surface area contributed by atoms with Crippen molar-refractivity contribution in [2.24, 2.45) is 0 Å². The van der Waals surface area contributed by atoms with Crippen molar-refractivity contribution in [2.75, 3.05) is 0 Å². The molecule has 0 N–H and O–H groups in total. The molecule has 0 saturated carbocycles. The Bertz CT molecular complexity index is 228. The van der Waals surface area contributed by atoms with Gasteiger partial charge in [-0.1, -0.05) is 40.8 Å². The maximum absolute atomic E-state index is 5.68. The smallest absolute Gasteiger partial charge is 0.120 e. The Morgan fingerprint density at radius 2 is 1.93 bits per heavy atom. The van der Waals surface area contributed by atoms with E-state index in [2.05, 4.69) is 16.2 Å². The van der Waals surface area contributed by atoms with Gasteiger partial charge in [0.05, 0.1) is 0 Å². The highest BCUT2D eigenvalue weighted by Crippen LogP contribution is 2.17. The quantitative estimate of drug-likeness (QED) is 0.700. The highest BCUT2D eigenvalue weighted by atomic mass is 35.5. The average molecular weight is 233 g/mol. The topological polar surface area (TPSA) is 9.23 Å². The van der Waals surface area contributed by atoms with E-state index < -0.39 is 0 Å². The summed E-state index contributed by atoms with van der Waals surface area (Å²) in [4.78, 5) is 0. The van der Waals surface area contributed by atoms with Crippen LogP contribution in [0.4, 0.5) is 0 Å². The van der Waals surface area contributed by atoms with Crippen LogP contribution in [0.15, 0.2) is 30.3 Å². The van der Waals surface area contributed by atoms with Gasteiger partial charge in [0.2, 0.25) is 0 Å². The summed E-state index contributed by atoms with van der Waals surface area (Å²) in [6.07, 6.45) is 3.56. The molecular formula is C11H18ClOP. The van der Waals surface area contributed by atoms with Crippen LogP contribution in [0.25, 0.3) is 0 Å². The summed E-state index contributed by atoms with van der Waals surface area (Å²) in [7, 11) is 2.73. The Labute approximate surface area is 94.9 Å². The van der Waals surface area contributed by atoms with Crippen LogP contribution >= 0.6 is 21.6 Å². The van der Waals surface area contributed by atoms with Crippen LogP contribution in [0.3, 0.4) is 0 Å². The fourth-order valence-corrected chi connectivity index (χ4v) is 1.53.